The molecule has 0 spiro atoms. The first kappa shape index (κ1) is 32.6. The first-order valence-corrected chi connectivity index (χ1v) is 17.6. The van der Waals surface area contributed by atoms with Crippen molar-refractivity contribution in [3.05, 3.63) is 81.4 Å². The van der Waals surface area contributed by atoms with Crippen LogP contribution in [0.25, 0.3) is 11.1 Å². The molecule has 0 atom stereocenters. The third-order valence-electron chi connectivity index (χ3n) is 10.5. The minimum absolute atomic E-state index is 0.253. The van der Waals surface area contributed by atoms with Crippen molar-refractivity contribution in [2.45, 2.75) is 65.0 Å². The number of hydrogen-bond acceptors (Lipinski definition) is 6. The lowest BCUT2D eigenvalue weighted by atomic mass is 9.88. The Bertz CT molecular complexity index is 1870. The Hall–Kier alpha value is -3.99. The van der Waals surface area contributed by atoms with E-state index in [-0.39, 0.29) is 11.8 Å². The van der Waals surface area contributed by atoms with Crippen LogP contribution in [0, 0.1) is 12.8 Å². The summed E-state index contributed by atoms with van der Waals surface area (Å²) in [4.78, 5) is 41.3. The van der Waals surface area contributed by atoms with E-state index >= 15 is 0 Å². The third kappa shape index (κ3) is 6.29. The van der Waals surface area contributed by atoms with Crippen molar-refractivity contribution in [1.82, 2.24) is 28.9 Å². The number of amides is 2. The highest BCUT2D eigenvalue weighted by atomic mass is 35.5. The molecule has 0 unspecified atom stereocenters. The van der Waals surface area contributed by atoms with Crippen LogP contribution in [-0.4, -0.2) is 67.4 Å². The molecule has 2 aromatic carbocycles. The number of rotatable bonds is 7. The molecular weight excluding hydrogens is 624 g/mol. The Morgan fingerprint density at radius 2 is 1.38 bits per heavy atom. The molecule has 2 aromatic heterocycles. The molecule has 4 aromatic rings. The molecule has 252 valence electrons. The number of nitrogens with one attached hydrogen (secondary N) is 2. The molecule has 4 heterocycles. The van der Waals surface area contributed by atoms with E-state index in [1.165, 1.54) is 32.1 Å². The molecule has 10 nitrogen and oxygen atoms in total. The van der Waals surface area contributed by atoms with E-state index in [0.29, 0.717) is 28.0 Å². The molecule has 2 aliphatic heterocycles. The fraction of sp³-hybridized carbons (Fsp3) is 0.459. The smallest absolute Gasteiger partial charge is 0.291 e. The Labute approximate surface area is 287 Å². The Balaban J connectivity index is 1.07. The van der Waals surface area contributed by atoms with E-state index in [0.717, 1.165) is 90.9 Å². The summed E-state index contributed by atoms with van der Waals surface area (Å²) in [5, 5.41) is 6.54. The molecule has 0 bridgehead atoms. The van der Waals surface area contributed by atoms with Gasteiger partial charge in [-0.05, 0) is 56.0 Å². The average molecular weight is 669 g/mol. The van der Waals surface area contributed by atoms with Crippen molar-refractivity contribution in [2.75, 3.05) is 37.3 Å². The molecule has 0 radical (unpaired) electrons. The van der Waals surface area contributed by atoms with Gasteiger partial charge in [-0.15, -0.1) is 0 Å². The quantitative estimate of drug-likeness (QED) is 0.243. The highest BCUT2D eigenvalue weighted by Crippen LogP contribution is 2.38. The zero-order valence-electron chi connectivity index (χ0n) is 28.4. The number of fused-ring (bicyclic) bond motifs is 2. The monoisotopic (exact) mass is 668 g/mol. The number of hydrogen-bond donors (Lipinski definition) is 2. The second-order valence-corrected chi connectivity index (χ2v) is 14.2. The van der Waals surface area contributed by atoms with Crippen molar-refractivity contribution in [3.8, 4) is 11.1 Å². The van der Waals surface area contributed by atoms with Gasteiger partial charge in [0, 0.05) is 82.3 Å². The van der Waals surface area contributed by atoms with E-state index < -0.39 is 0 Å². The number of halogens is 1. The van der Waals surface area contributed by atoms with Crippen molar-refractivity contribution < 1.29 is 9.59 Å². The van der Waals surface area contributed by atoms with Crippen LogP contribution in [0.15, 0.2) is 36.4 Å². The number of nitrogens with zero attached hydrogens (tertiary/aromatic N) is 6. The zero-order valence-corrected chi connectivity index (χ0v) is 29.2. The second kappa shape index (κ2) is 13.5. The van der Waals surface area contributed by atoms with Crippen LogP contribution in [-0.2, 0) is 40.0 Å². The third-order valence-corrected chi connectivity index (χ3v) is 11.0. The lowest BCUT2D eigenvalue weighted by Crippen LogP contribution is -2.35. The van der Waals surface area contributed by atoms with Gasteiger partial charge in [0.1, 0.15) is 0 Å². The van der Waals surface area contributed by atoms with Gasteiger partial charge >= 0.3 is 0 Å². The predicted molar refractivity (Wildman–Crippen MR) is 190 cm³/mol. The molecule has 2 N–H and O–H groups in total. The predicted octanol–water partition coefficient (Wildman–Crippen LogP) is 6.21. The largest absolute Gasteiger partial charge is 0.327 e. The molecule has 2 amide bonds. The number of imidazole rings is 2. The van der Waals surface area contributed by atoms with Crippen LogP contribution in [0.2, 0.25) is 5.02 Å². The summed E-state index contributed by atoms with van der Waals surface area (Å²) in [5.74, 6) is 1.03. The zero-order chi connectivity index (χ0) is 33.5. The van der Waals surface area contributed by atoms with Crippen LogP contribution < -0.4 is 10.6 Å². The number of aromatic nitrogens is 4. The molecule has 1 saturated carbocycles. The maximum absolute atomic E-state index is 13.6. The number of likely N-dealkylation sites (N-methyl/N-ethyl adjacent to an activating group) is 1. The van der Waals surface area contributed by atoms with Crippen molar-refractivity contribution in [2.24, 2.45) is 20.0 Å². The van der Waals surface area contributed by atoms with Crippen LogP contribution in [0.4, 0.5) is 11.4 Å². The van der Waals surface area contributed by atoms with E-state index in [9.17, 15) is 9.59 Å². The minimum Gasteiger partial charge on any atom is -0.327 e. The summed E-state index contributed by atoms with van der Waals surface area (Å²) in [7, 11) is 5.90. The lowest BCUT2D eigenvalue weighted by molar-refractivity contribution is 0.100. The SMILES string of the molecule is Cc1c(NC(=O)c2nc3c(n2C)CCN(C)C3)cccc1-c1cccc(NC(=O)c2nc3c(n2C)CCN(CC2CCCCC2)C3)c1Cl. The van der Waals surface area contributed by atoms with E-state index in [4.69, 9.17) is 16.6 Å². The highest BCUT2D eigenvalue weighted by molar-refractivity contribution is 6.36. The van der Waals surface area contributed by atoms with Crippen LogP contribution in [0.5, 0.6) is 0 Å². The topological polar surface area (TPSA) is 100 Å². The molecular formula is C37H45ClN8O2. The molecule has 0 saturated heterocycles. The standard InChI is InChI=1S/C37H45ClN8O2/c1-23-25(12-8-14-27(23)41-36(47)34-39-29-21-43(2)18-16-31(29)44(34)3)26-13-9-15-28(33(26)38)42-37(48)35-40-30-22-46(19-17-32(30)45(35)4)20-24-10-6-5-7-11-24/h8-9,12-15,24H,5-7,10-11,16-22H2,1-4H3,(H,41,47)(H,42,48). The minimum atomic E-state index is -0.286. The summed E-state index contributed by atoms with van der Waals surface area (Å²) >= 11 is 6.99. The normalized spacial score (nSPS) is 17.2. The average Bonchev–Trinajstić information content (AvgIpc) is 3.59. The Morgan fingerprint density at radius 1 is 0.792 bits per heavy atom. The molecule has 1 aliphatic carbocycles. The van der Waals surface area contributed by atoms with E-state index in [1.54, 1.807) is 6.07 Å². The highest BCUT2D eigenvalue weighted by Gasteiger charge is 2.28. The van der Waals surface area contributed by atoms with Gasteiger partial charge in [-0.25, -0.2) is 9.97 Å². The summed E-state index contributed by atoms with van der Waals surface area (Å²) in [6, 6.07) is 11.4. The maximum Gasteiger partial charge on any atom is 0.291 e. The summed E-state index contributed by atoms with van der Waals surface area (Å²) < 4.78 is 3.85. The molecule has 48 heavy (non-hydrogen) atoms. The summed E-state index contributed by atoms with van der Waals surface area (Å²) in [5.41, 5.74) is 7.87. The summed E-state index contributed by atoms with van der Waals surface area (Å²) in [6.07, 6.45) is 8.45. The second-order valence-electron chi connectivity index (χ2n) is 13.8. The Kier molecular flexibility index (Phi) is 9.15. The van der Waals surface area contributed by atoms with Gasteiger partial charge in [0.15, 0.2) is 11.6 Å². The first-order chi connectivity index (χ1) is 23.2. The van der Waals surface area contributed by atoms with E-state index in [2.05, 4.69) is 32.5 Å². The van der Waals surface area contributed by atoms with Crippen molar-refractivity contribution in [1.29, 1.82) is 0 Å². The maximum atomic E-state index is 13.6. The molecule has 11 heteroatoms. The van der Waals surface area contributed by atoms with Gasteiger partial charge in [0.2, 0.25) is 0 Å². The lowest BCUT2D eigenvalue weighted by Gasteiger charge is -2.32. The number of carbonyl (C=O) groups excluding carboxylic acids is 2. The van der Waals surface area contributed by atoms with Gasteiger partial charge in [-0.3, -0.25) is 14.5 Å². The van der Waals surface area contributed by atoms with Gasteiger partial charge in [-0.2, -0.15) is 0 Å². The van der Waals surface area contributed by atoms with Gasteiger partial charge in [-0.1, -0.05) is 55.1 Å². The van der Waals surface area contributed by atoms with Gasteiger partial charge < -0.3 is 24.7 Å². The summed E-state index contributed by atoms with van der Waals surface area (Å²) in [6.45, 7) is 6.54. The van der Waals surface area contributed by atoms with Crippen LogP contribution >= 0.6 is 11.6 Å². The number of anilines is 2. The number of carbonyl (C=O) groups is 2. The van der Waals surface area contributed by atoms with Crippen LogP contribution in [0.3, 0.4) is 0 Å². The molecule has 1 fully saturated rings. The Morgan fingerprint density at radius 3 is 2.06 bits per heavy atom. The fourth-order valence-corrected chi connectivity index (χ4v) is 8.07. The van der Waals surface area contributed by atoms with Crippen LogP contribution in [0.1, 0.15) is 81.7 Å². The number of benzene rings is 2. The first-order valence-electron chi connectivity index (χ1n) is 17.2. The van der Waals surface area contributed by atoms with Gasteiger partial charge in [0.05, 0.1) is 22.1 Å². The molecule has 7 rings (SSSR count). The van der Waals surface area contributed by atoms with Crippen molar-refractivity contribution in [3.63, 3.8) is 0 Å². The van der Waals surface area contributed by atoms with Gasteiger partial charge in [0.25, 0.3) is 11.8 Å². The molecule has 3 aliphatic rings. The fourth-order valence-electron chi connectivity index (χ4n) is 7.79. The van der Waals surface area contributed by atoms with Crippen molar-refractivity contribution >= 4 is 34.8 Å². The van der Waals surface area contributed by atoms with E-state index in [1.807, 2.05) is 60.5 Å².